The molecule has 4 heterocycles. The lowest BCUT2D eigenvalue weighted by Crippen LogP contribution is -2.09. The Morgan fingerprint density at radius 2 is 1.85 bits per heavy atom. The minimum atomic E-state index is -2.68. The third kappa shape index (κ3) is 3.84. The Morgan fingerprint density at radius 1 is 1.00 bits per heavy atom. The van der Waals surface area contributed by atoms with Crippen molar-refractivity contribution in [3.8, 4) is 11.6 Å². The average molecular weight is 447 g/mol. The van der Waals surface area contributed by atoms with E-state index in [0.29, 0.717) is 23.0 Å². The number of nitrogen functional groups attached to an aromatic ring is 1. The summed E-state index contributed by atoms with van der Waals surface area (Å²) in [4.78, 5) is 9.06. The van der Waals surface area contributed by atoms with Crippen molar-refractivity contribution in [2.45, 2.75) is 20.3 Å². The van der Waals surface area contributed by atoms with Crippen LogP contribution in [0.3, 0.4) is 0 Å². The van der Waals surface area contributed by atoms with Gasteiger partial charge in [-0.05, 0) is 62.4 Å². The van der Waals surface area contributed by atoms with Gasteiger partial charge >= 0.3 is 0 Å². The topological polar surface area (TPSA) is 112 Å². The smallest absolute Gasteiger partial charge is 0.282 e. The molecule has 9 nitrogen and oxygen atoms in total. The van der Waals surface area contributed by atoms with Gasteiger partial charge in [-0.15, -0.1) is 5.10 Å². The highest BCUT2D eigenvalue weighted by atomic mass is 19.3. The molecule has 0 atom stereocenters. The Labute approximate surface area is 186 Å². The van der Waals surface area contributed by atoms with Crippen molar-refractivity contribution in [1.29, 1.82) is 0 Å². The number of hydrogen-bond acceptors (Lipinski definition) is 7. The fourth-order valence-electron chi connectivity index (χ4n) is 3.46. The van der Waals surface area contributed by atoms with Crippen LogP contribution in [0, 0.1) is 13.8 Å². The molecule has 3 N–H and O–H groups in total. The summed E-state index contributed by atoms with van der Waals surface area (Å²) in [5.74, 6) is 1.43. The van der Waals surface area contributed by atoms with Gasteiger partial charge in [0.15, 0.2) is 11.6 Å². The van der Waals surface area contributed by atoms with Crippen molar-refractivity contribution < 1.29 is 8.78 Å². The molecule has 11 heteroatoms. The van der Waals surface area contributed by atoms with E-state index in [9.17, 15) is 8.78 Å². The summed E-state index contributed by atoms with van der Waals surface area (Å²) in [6, 6.07) is 14.1. The van der Waals surface area contributed by atoms with Crippen LogP contribution in [-0.2, 0) is 0 Å². The van der Waals surface area contributed by atoms with Crippen molar-refractivity contribution in [3.05, 3.63) is 71.9 Å². The molecule has 0 amide bonds. The third-order valence-corrected chi connectivity index (χ3v) is 5.09. The van der Waals surface area contributed by atoms with E-state index in [-0.39, 0.29) is 11.5 Å². The van der Waals surface area contributed by atoms with Crippen molar-refractivity contribution in [1.82, 2.24) is 34.5 Å². The lowest BCUT2D eigenvalue weighted by Gasteiger charge is -2.11. The van der Waals surface area contributed by atoms with Gasteiger partial charge in [-0.2, -0.15) is 10.2 Å². The maximum Gasteiger partial charge on any atom is 0.282 e. The second kappa shape index (κ2) is 7.93. The number of benzene rings is 1. The van der Waals surface area contributed by atoms with E-state index in [0.717, 1.165) is 22.4 Å². The molecular weight excluding hydrogens is 428 g/mol. The number of nitrogens with two attached hydrogens (primary N) is 1. The zero-order valence-corrected chi connectivity index (χ0v) is 17.7. The van der Waals surface area contributed by atoms with E-state index in [2.05, 4.69) is 30.6 Å². The maximum atomic E-state index is 13.1. The maximum absolute atomic E-state index is 13.1. The molecule has 0 saturated carbocycles. The van der Waals surface area contributed by atoms with Crippen LogP contribution in [0.25, 0.3) is 22.7 Å². The zero-order valence-electron chi connectivity index (χ0n) is 17.7. The van der Waals surface area contributed by atoms with Crippen LogP contribution in [0.4, 0.5) is 26.0 Å². The van der Waals surface area contributed by atoms with Crippen LogP contribution in [0.1, 0.15) is 23.5 Å². The number of nitrogens with zero attached hydrogens (tertiary/aromatic N) is 7. The summed E-state index contributed by atoms with van der Waals surface area (Å²) in [7, 11) is 0. The quantitative estimate of drug-likeness (QED) is 0.414. The predicted molar refractivity (Wildman–Crippen MR) is 120 cm³/mol. The van der Waals surface area contributed by atoms with E-state index >= 15 is 0 Å². The average Bonchev–Trinajstić information content (AvgIpc) is 3.39. The van der Waals surface area contributed by atoms with Gasteiger partial charge in [-0.25, -0.2) is 23.4 Å². The number of alkyl halides is 2. The minimum Gasteiger partial charge on any atom is -0.396 e. The molecule has 0 radical (unpaired) electrons. The van der Waals surface area contributed by atoms with E-state index in [1.54, 1.807) is 30.0 Å². The lowest BCUT2D eigenvalue weighted by atomic mass is 10.2. The van der Waals surface area contributed by atoms with Crippen LogP contribution < -0.4 is 11.1 Å². The third-order valence-electron chi connectivity index (χ3n) is 5.09. The largest absolute Gasteiger partial charge is 0.396 e. The minimum absolute atomic E-state index is 0.273. The van der Waals surface area contributed by atoms with E-state index in [1.165, 1.54) is 10.7 Å². The Morgan fingerprint density at radius 3 is 2.58 bits per heavy atom. The van der Waals surface area contributed by atoms with Gasteiger partial charge in [0.1, 0.15) is 17.8 Å². The summed E-state index contributed by atoms with van der Waals surface area (Å²) >= 11 is 0. The van der Waals surface area contributed by atoms with Crippen LogP contribution in [0.5, 0.6) is 0 Å². The lowest BCUT2D eigenvalue weighted by molar-refractivity contribution is 0.145. The Kier molecular flexibility index (Phi) is 4.93. The van der Waals surface area contributed by atoms with Gasteiger partial charge in [0.2, 0.25) is 0 Å². The summed E-state index contributed by atoms with van der Waals surface area (Å²) in [6.07, 6.45) is -1.04. The monoisotopic (exact) mass is 447 g/mol. The molecule has 33 heavy (non-hydrogen) atoms. The molecule has 0 bridgehead atoms. The molecule has 4 aromatic heterocycles. The molecular formula is C22H19F2N9. The number of fused-ring (bicyclic) bond motifs is 1. The standard InChI is InChI=1S/C22H19F2N9/c1-12-3-7-19(30-29-12)27-14-4-6-18-16(10-14)26-11-32(18)20-8-5-15(25)22(28-20)33-13(2)9-17(31-33)21(23)24/h3-11,21H,25H2,1-2H3,(H,27,30). The number of nitrogens with one attached hydrogen (secondary N) is 1. The van der Waals surface area contributed by atoms with Gasteiger partial charge < -0.3 is 11.1 Å². The summed E-state index contributed by atoms with van der Waals surface area (Å²) in [5.41, 5.74) is 9.77. The molecule has 0 aliphatic rings. The first-order chi connectivity index (χ1) is 15.9. The molecule has 0 fully saturated rings. The molecule has 0 unspecified atom stereocenters. The molecule has 0 aliphatic heterocycles. The predicted octanol–water partition coefficient (Wildman–Crippen LogP) is 4.28. The first-order valence-corrected chi connectivity index (χ1v) is 10.1. The van der Waals surface area contributed by atoms with E-state index in [1.807, 2.05) is 37.3 Å². The highest BCUT2D eigenvalue weighted by molar-refractivity contribution is 5.82. The Balaban J connectivity index is 1.50. The van der Waals surface area contributed by atoms with Crippen molar-refractivity contribution in [3.63, 3.8) is 0 Å². The van der Waals surface area contributed by atoms with Gasteiger partial charge in [-0.1, -0.05) is 0 Å². The van der Waals surface area contributed by atoms with E-state index < -0.39 is 6.43 Å². The molecule has 5 rings (SSSR count). The number of aryl methyl sites for hydroxylation is 2. The number of anilines is 3. The van der Waals surface area contributed by atoms with Gasteiger partial charge in [0.05, 0.1) is 22.4 Å². The summed E-state index contributed by atoms with van der Waals surface area (Å²) < 4.78 is 29.3. The SMILES string of the molecule is Cc1ccc(Nc2ccc3c(c2)ncn3-c2ccc(N)c(-n3nc(C(F)F)cc3C)n2)nn1. The normalized spacial score (nSPS) is 11.4. The van der Waals surface area contributed by atoms with Crippen molar-refractivity contribution >= 4 is 28.2 Å². The van der Waals surface area contributed by atoms with Gasteiger partial charge in [0.25, 0.3) is 6.43 Å². The number of hydrogen-bond donors (Lipinski definition) is 2. The zero-order chi connectivity index (χ0) is 23.1. The fraction of sp³-hybridized carbons (Fsp3) is 0.136. The number of imidazole rings is 1. The van der Waals surface area contributed by atoms with Crippen molar-refractivity contribution in [2.24, 2.45) is 0 Å². The highest BCUT2D eigenvalue weighted by Gasteiger charge is 2.17. The van der Waals surface area contributed by atoms with E-state index in [4.69, 9.17) is 5.73 Å². The molecule has 0 spiro atoms. The number of halogens is 2. The van der Waals surface area contributed by atoms with Crippen LogP contribution >= 0.6 is 0 Å². The van der Waals surface area contributed by atoms with Crippen LogP contribution in [0.2, 0.25) is 0 Å². The summed E-state index contributed by atoms with van der Waals surface area (Å²) in [6.45, 7) is 3.55. The molecule has 1 aromatic carbocycles. The summed E-state index contributed by atoms with van der Waals surface area (Å²) in [5, 5.41) is 15.3. The second-order valence-electron chi connectivity index (χ2n) is 7.51. The first kappa shape index (κ1) is 20.5. The molecule has 5 aromatic rings. The van der Waals surface area contributed by atoms with Crippen molar-refractivity contribution in [2.75, 3.05) is 11.1 Å². The Bertz CT molecular complexity index is 1460. The highest BCUT2D eigenvalue weighted by Crippen LogP contribution is 2.26. The number of aromatic nitrogens is 7. The first-order valence-electron chi connectivity index (χ1n) is 10.1. The van der Waals surface area contributed by atoms with Crippen LogP contribution in [0.15, 0.2) is 54.9 Å². The Hall–Kier alpha value is -4.41. The molecule has 0 aliphatic carbocycles. The van der Waals surface area contributed by atoms with Gasteiger partial charge in [0, 0.05) is 11.4 Å². The molecule has 166 valence electrons. The number of pyridine rings is 1. The van der Waals surface area contributed by atoms with Gasteiger partial charge in [-0.3, -0.25) is 4.57 Å². The van der Waals surface area contributed by atoms with Crippen LogP contribution in [-0.4, -0.2) is 34.5 Å². The molecule has 0 saturated heterocycles. The number of rotatable bonds is 5. The second-order valence-corrected chi connectivity index (χ2v) is 7.51. The fourth-order valence-corrected chi connectivity index (χ4v) is 3.46.